The second-order valence-corrected chi connectivity index (χ2v) is 4.03. The number of carbonyl (C=O) groups excluding carboxylic acids is 1. The number of hydrogen-bond acceptors (Lipinski definition) is 2. The zero-order valence-corrected chi connectivity index (χ0v) is 6.39. The average molecular weight is 140 g/mol. The van der Waals surface area contributed by atoms with Gasteiger partial charge in [0, 0.05) is 5.92 Å². The highest BCUT2D eigenvalue weighted by molar-refractivity contribution is 5.73. The Morgan fingerprint density at radius 2 is 2.30 bits per heavy atom. The molecule has 2 rings (SSSR count). The summed E-state index contributed by atoms with van der Waals surface area (Å²) in [5.41, 5.74) is 0.358. The van der Waals surface area contributed by atoms with E-state index < -0.39 is 0 Å². The van der Waals surface area contributed by atoms with Crippen LogP contribution in [0.25, 0.3) is 0 Å². The van der Waals surface area contributed by atoms with Gasteiger partial charge in [0.15, 0.2) is 0 Å². The van der Waals surface area contributed by atoms with Crippen molar-refractivity contribution >= 4 is 5.97 Å². The van der Waals surface area contributed by atoms with Crippen LogP contribution in [0.15, 0.2) is 0 Å². The Labute approximate surface area is 60.6 Å². The standard InChI is InChI=1S/C8H12O2/c1-8(2)4-6-5(8)3-7(9)10-6/h5-6H,3-4H2,1-2H3. The third kappa shape index (κ3) is 0.619. The third-order valence-corrected chi connectivity index (χ3v) is 2.85. The van der Waals surface area contributed by atoms with E-state index in [1.54, 1.807) is 0 Å². The number of carbonyl (C=O) groups is 1. The molecule has 0 N–H and O–H groups in total. The van der Waals surface area contributed by atoms with E-state index in [0.717, 1.165) is 6.42 Å². The minimum Gasteiger partial charge on any atom is -0.462 e. The molecule has 0 bridgehead atoms. The van der Waals surface area contributed by atoms with E-state index in [1.807, 2.05) is 0 Å². The van der Waals surface area contributed by atoms with Crippen LogP contribution in [-0.4, -0.2) is 12.1 Å². The summed E-state index contributed by atoms with van der Waals surface area (Å²) >= 11 is 0. The van der Waals surface area contributed by atoms with E-state index in [9.17, 15) is 4.79 Å². The largest absolute Gasteiger partial charge is 0.462 e. The minimum absolute atomic E-state index is 0.000532. The molecule has 10 heavy (non-hydrogen) atoms. The molecule has 0 aromatic rings. The first-order chi connectivity index (χ1) is 4.59. The van der Waals surface area contributed by atoms with E-state index >= 15 is 0 Å². The molecular weight excluding hydrogens is 128 g/mol. The van der Waals surface area contributed by atoms with Crippen molar-refractivity contribution in [3.05, 3.63) is 0 Å². The van der Waals surface area contributed by atoms with Crippen molar-refractivity contribution in [1.82, 2.24) is 0 Å². The minimum atomic E-state index is 0.000532. The maximum atomic E-state index is 10.8. The SMILES string of the molecule is CC1(C)CC2OC(=O)CC21. The monoisotopic (exact) mass is 140 g/mol. The van der Waals surface area contributed by atoms with E-state index in [2.05, 4.69) is 13.8 Å². The molecule has 2 fully saturated rings. The van der Waals surface area contributed by atoms with E-state index in [1.165, 1.54) is 0 Å². The van der Waals surface area contributed by atoms with Gasteiger partial charge < -0.3 is 4.74 Å². The van der Waals surface area contributed by atoms with Gasteiger partial charge in [-0.2, -0.15) is 0 Å². The lowest BCUT2D eigenvalue weighted by atomic mass is 9.60. The van der Waals surface area contributed by atoms with Crippen LogP contribution in [0.4, 0.5) is 0 Å². The van der Waals surface area contributed by atoms with Crippen molar-refractivity contribution in [3.8, 4) is 0 Å². The van der Waals surface area contributed by atoms with Gasteiger partial charge in [0.1, 0.15) is 6.10 Å². The Hall–Kier alpha value is -0.530. The van der Waals surface area contributed by atoms with Crippen LogP contribution in [0.1, 0.15) is 26.7 Å². The number of rotatable bonds is 0. The zero-order valence-electron chi connectivity index (χ0n) is 6.39. The first kappa shape index (κ1) is 6.20. The van der Waals surface area contributed by atoms with Gasteiger partial charge >= 0.3 is 5.97 Å². The molecule has 2 aliphatic rings. The van der Waals surface area contributed by atoms with Crippen molar-refractivity contribution in [2.24, 2.45) is 11.3 Å². The Morgan fingerprint density at radius 3 is 2.70 bits per heavy atom. The highest BCUT2D eigenvalue weighted by Gasteiger charge is 2.54. The van der Waals surface area contributed by atoms with Gasteiger partial charge in [-0.15, -0.1) is 0 Å². The fourth-order valence-electron chi connectivity index (χ4n) is 2.08. The van der Waals surface area contributed by atoms with E-state index in [-0.39, 0.29) is 12.1 Å². The number of ether oxygens (including phenoxy) is 1. The highest BCUT2D eigenvalue weighted by atomic mass is 16.6. The molecule has 0 amide bonds. The molecule has 2 heteroatoms. The van der Waals surface area contributed by atoms with Gasteiger partial charge in [-0.25, -0.2) is 0 Å². The van der Waals surface area contributed by atoms with Gasteiger partial charge in [-0.1, -0.05) is 13.8 Å². The van der Waals surface area contributed by atoms with Gasteiger partial charge in [0.2, 0.25) is 0 Å². The molecule has 1 saturated heterocycles. The van der Waals surface area contributed by atoms with Crippen LogP contribution in [0.3, 0.4) is 0 Å². The number of fused-ring (bicyclic) bond motifs is 1. The average Bonchev–Trinajstić information content (AvgIpc) is 2.08. The van der Waals surface area contributed by atoms with E-state index in [0.29, 0.717) is 17.8 Å². The van der Waals surface area contributed by atoms with Crippen molar-refractivity contribution in [2.45, 2.75) is 32.8 Å². The quantitative estimate of drug-likeness (QED) is 0.475. The van der Waals surface area contributed by atoms with Crippen LogP contribution in [-0.2, 0) is 9.53 Å². The molecular formula is C8H12O2. The molecule has 2 unspecified atom stereocenters. The van der Waals surface area contributed by atoms with Gasteiger partial charge in [0.25, 0.3) is 0 Å². The fourth-order valence-corrected chi connectivity index (χ4v) is 2.08. The number of hydrogen-bond donors (Lipinski definition) is 0. The smallest absolute Gasteiger partial charge is 0.306 e. The zero-order chi connectivity index (χ0) is 7.35. The van der Waals surface area contributed by atoms with Crippen molar-refractivity contribution in [2.75, 3.05) is 0 Å². The summed E-state index contributed by atoms with van der Waals surface area (Å²) in [6.45, 7) is 4.41. The van der Waals surface area contributed by atoms with Crippen LogP contribution in [0, 0.1) is 11.3 Å². The Kier molecular flexibility index (Phi) is 0.960. The molecule has 0 aromatic heterocycles. The van der Waals surface area contributed by atoms with Gasteiger partial charge in [-0.3, -0.25) is 4.79 Å². The fraction of sp³-hybridized carbons (Fsp3) is 0.875. The first-order valence-corrected chi connectivity index (χ1v) is 3.79. The van der Waals surface area contributed by atoms with Gasteiger partial charge in [-0.05, 0) is 11.8 Å². The summed E-state index contributed by atoms with van der Waals surface area (Å²) < 4.78 is 5.06. The lowest BCUT2D eigenvalue weighted by Gasteiger charge is -2.45. The Balaban J connectivity index is 2.13. The van der Waals surface area contributed by atoms with E-state index in [4.69, 9.17) is 4.74 Å². The normalized spacial score (nSPS) is 42.0. The molecule has 1 saturated carbocycles. The Morgan fingerprint density at radius 1 is 1.60 bits per heavy atom. The molecule has 0 radical (unpaired) electrons. The number of esters is 1. The summed E-state index contributed by atoms with van der Waals surface area (Å²) in [4.78, 5) is 10.8. The molecule has 2 atom stereocenters. The second-order valence-electron chi connectivity index (χ2n) is 4.03. The highest BCUT2D eigenvalue weighted by Crippen LogP contribution is 2.52. The molecule has 2 nitrogen and oxygen atoms in total. The summed E-state index contributed by atoms with van der Waals surface area (Å²) in [5.74, 6) is 0.514. The lowest BCUT2D eigenvalue weighted by Crippen LogP contribution is -2.44. The van der Waals surface area contributed by atoms with Crippen LogP contribution in [0.2, 0.25) is 0 Å². The molecule has 56 valence electrons. The van der Waals surface area contributed by atoms with Crippen molar-refractivity contribution < 1.29 is 9.53 Å². The summed E-state index contributed by atoms with van der Waals surface area (Å²) in [5, 5.41) is 0. The first-order valence-electron chi connectivity index (χ1n) is 3.79. The summed E-state index contributed by atoms with van der Waals surface area (Å²) in [6, 6.07) is 0. The van der Waals surface area contributed by atoms with Crippen molar-refractivity contribution in [3.63, 3.8) is 0 Å². The lowest BCUT2D eigenvalue weighted by molar-refractivity contribution is -0.146. The summed E-state index contributed by atoms with van der Waals surface area (Å²) in [7, 11) is 0. The molecule has 0 spiro atoms. The van der Waals surface area contributed by atoms with Gasteiger partial charge in [0.05, 0.1) is 6.42 Å². The van der Waals surface area contributed by atoms with Crippen LogP contribution >= 0.6 is 0 Å². The predicted octanol–water partition coefficient (Wildman–Crippen LogP) is 1.35. The Bertz CT molecular complexity index is 184. The molecule has 1 heterocycles. The molecule has 0 aromatic carbocycles. The third-order valence-electron chi connectivity index (χ3n) is 2.85. The molecule has 1 aliphatic carbocycles. The maximum absolute atomic E-state index is 10.8. The topological polar surface area (TPSA) is 26.3 Å². The van der Waals surface area contributed by atoms with Crippen LogP contribution < -0.4 is 0 Å². The van der Waals surface area contributed by atoms with Crippen molar-refractivity contribution in [1.29, 1.82) is 0 Å². The summed E-state index contributed by atoms with van der Waals surface area (Å²) in [6.07, 6.45) is 1.98. The predicted molar refractivity (Wildman–Crippen MR) is 36.4 cm³/mol. The molecule has 1 aliphatic heterocycles. The second kappa shape index (κ2) is 1.55. The maximum Gasteiger partial charge on any atom is 0.306 e. The van der Waals surface area contributed by atoms with Crippen LogP contribution in [0.5, 0.6) is 0 Å².